The van der Waals surface area contributed by atoms with Crippen molar-refractivity contribution >= 4 is 5.78 Å². The maximum absolute atomic E-state index is 11.4. The van der Waals surface area contributed by atoms with Gasteiger partial charge in [-0.25, -0.2) is 0 Å². The lowest BCUT2D eigenvalue weighted by molar-refractivity contribution is 0.0972. The largest absolute Gasteiger partial charge is 0.331 e. The molecule has 0 spiro atoms. The number of benzene rings is 1. The molecule has 2 aromatic rings. The minimum absolute atomic E-state index is 0.112. The Kier molecular flexibility index (Phi) is 3.38. The average molecular weight is 270 g/mol. The molecule has 0 unspecified atom stereocenters. The van der Waals surface area contributed by atoms with Gasteiger partial charge in [0.25, 0.3) is 5.89 Å². The summed E-state index contributed by atoms with van der Waals surface area (Å²) < 4.78 is 5.12. The number of carbonyl (C=O) groups is 1. The fourth-order valence-electron chi connectivity index (χ4n) is 3.11. The topological polar surface area (TPSA) is 56.0 Å². The second kappa shape index (κ2) is 5.19. The Bertz CT molecular complexity index is 598. The summed E-state index contributed by atoms with van der Waals surface area (Å²) in [7, 11) is 0. The Hall–Kier alpha value is -1.97. The molecule has 104 valence electrons. The quantitative estimate of drug-likeness (QED) is 0.801. The van der Waals surface area contributed by atoms with Gasteiger partial charge in [-0.2, -0.15) is 4.98 Å². The van der Waals surface area contributed by atoms with E-state index in [0.717, 1.165) is 25.7 Å². The van der Waals surface area contributed by atoms with Gasteiger partial charge in [0.15, 0.2) is 5.82 Å². The lowest BCUT2D eigenvalue weighted by Gasteiger charge is -2.34. The van der Waals surface area contributed by atoms with Crippen LogP contribution in [0.4, 0.5) is 0 Å². The third-order valence-corrected chi connectivity index (χ3v) is 4.19. The molecule has 0 atom stereocenters. The maximum Gasteiger partial charge on any atom is 0.293 e. The van der Waals surface area contributed by atoms with E-state index >= 15 is 0 Å². The number of rotatable bonds is 3. The number of hydrogen-bond donors (Lipinski definition) is 0. The zero-order chi connectivity index (χ0) is 14.0. The molecule has 0 bridgehead atoms. The molecule has 1 aromatic heterocycles. The molecule has 4 heteroatoms. The highest BCUT2D eigenvalue weighted by Crippen LogP contribution is 2.43. The molecule has 0 aliphatic heterocycles. The first kappa shape index (κ1) is 13.0. The van der Waals surface area contributed by atoms with E-state index in [4.69, 9.17) is 4.52 Å². The van der Waals surface area contributed by atoms with E-state index in [2.05, 4.69) is 22.3 Å². The first-order chi connectivity index (χ1) is 9.72. The van der Waals surface area contributed by atoms with Crippen LogP contribution in [0.5, 0.6) is 0 Å². The Morgan fingerprint density at radius 1 is 1.15 bits per heavy atom. The molecule has 0 saturated heterocycles. The van der Waals surface area contributed by atoms with Crippen molar-refractivity contribution in [1.82, 2.24) is 10.1 Å². The SMILES string of the molecule is CC(=O)c1nc(C2(c3ccccc3)CCCCC2)no1. The normalized spacial score (nSPS) is 17.9. The van der Waals surface area contributed by atoms with Gasteiger partial charge in [-0.1, -0.05) is 54.8 Å². The highest BCUT2D eigenvalue weighted by molar-refractivity contribution is 5.89. The van der Waals surface area contributed by atoms with Crippen LogP contribution in [0, 0.1) is 0 Å². The van der Waals surface area contributed by atoms with Crippen molar-refractivity contribution in [3.05, 3.63) is 47.6 Å². The minimum atomic E-state index is -0.198. The van der Waals surface area contributed by atoms with Crippen LogP contribution in [0.3, 0.4) is 0 Å². The van der Waals surface area contributed by atoms with Crippen LogP contribution >= 0.6 is 0 Å². The van der Waals surface area contributed by atoms with Crippen molar-refractivity contribution in [2.24, 2.45) is 0 Å². The summed E-state index contributed by atoms with van der Waals surface area (Å²) >= 11 is 0. The molecule has 0 radical (unpaired) electrons. The van der Waals surface area contributed by atoms with Crippen molar-refractivity contribution in [3.63, 3.8) is 0 Å². The monoisotopic (exact) mass is 270 g/mol. The molecule has 1 saturated carbocycles. The van der Waals surface area contributed by atoms with Gasteiger partial charge in [-0.15, -0.1) is 0 Å². The highest BCUT2D eigenvalue weighted by atomic mass is 16.5. The summed E-state index contributed by atoms with van der Waals surface area (Å²) in [6.07, 6.45) is 5.56. The average Bonchev–Trinajstić information content (AvgIpc) is 2.99. The van der Waals surface area contributed by atoms with E-state index < -0.39 is 0 Å². The van der Waals surface area contributed by atoms with Gasteiger partial charge >= 0.3 is 0 Å². The van der Waals surface area contributed by atoms with E-state index in [9.17, 15) is 4.79 Å². The number of Topliss-reactive ketones (excluding diaryl/α,β-unsaturated/α-hetero) is 1. The van der Waals surface area contributed by atoms with Crippen molar-refractivity contribution < 1.29 is 9.32 Å². The van der Waals surface area contributed by atoms with Gasteiger partial charge < -0.3 is 4.52 Å². The molecule has 1 heterocycles. The zero-order valence-corrected chi connectivity index (χ0v) is 11.6. The molecule has 1 aliphatic rings. The Morgan fingerprint density at radius 3 is 2.45 bits per heavy atom. The van der Waals surface area contributed by atoms with Crippen molar-refractivity contribution in [2.75, 3.05) is 0 Å². The fraction of sp³-hybridized carbons (Fsp3) is 0.438. The molecule has 20 heavy (non-hydrogen) atoms. The first-order valence-corrected chi connectivity index (χ1v) is 7.13. The standard InChI is InChI=1S/C16H18N2O2/c1-12(19)14-17-15(18-20-14)16(10-6-3-7-11-16)13-8-4-2-5-9-13/h2,4-5,8-9H,3,6-7,10-11H2,1H3. The number of nitrogens with zero attached hydrogens (tertiary/aromatic N) is 2. The lowest BCUT2D eigenvalue weighted by Crippen LogP contribution is -2.31. The van der Waals surface area contributed by atoms with Crippen LogP contribution in [0.2, 0.25) is 0 Å². The van der Waals surface area contributed by atoms with E-state index in [0.29, 0.717) is 5.82 Å². The van der Waals surface area contributed by atoms with Crippen LogP contribution in [0.15, 0.2) is 34.9 Å². The number of hydrogen-bond acceptors (Lipinski definition) is 4. The molecule has 1 aromatic carbocycles. The summed E-state index contributed by atoms with van der Waals surface area (Å²) in [6.45, 7) is 1.45. The van der Waals surface area contributed by atoms with Gasteiger partial charge in [0.05, 0.1) is 5.41 Å². The van der Waals surface area contributed by atoms with Gasteiger partial charge in [-0.3, -0.25) is 4.79 Å². The Morgan fingerprint density at radius 2 is 1.85 bits per heavy atom. The van der Waals surface area contributed by atoms with Crippen molar-refractivity contribution in [2.45, 2.75) is 44.4 Å². The van der Waals surface area contributed by atoms with Crippen molar-refractivity contribution in [1.29, 1.82) is 0 Å². The van der Waals surface area contributed by atoms with Crippen LogP contribution in [0.1, 0.15) is 61.1 Å². The highest BCUT2D eigenvalue weighted by Gasteiger charge is 2.40. The first-order valence-electron chi connectivity index (χ1n) is 7.13. The molecule has 3 rings (SSSR count). The second-order valence-corrected chi connectivity index (χ2v) is 5.49. The van der Waals surface area contributed by atoms with Gasteiger partial charge in [0.2, 0.25) is 5.78 Å². The molecule has 0 N–H and O–H groups in total. The van der Waals surface area contributed by atoms with Gasteiger partial charge in [-0.05, 0) is 18.4 Å². The summed E-state index contributed by atoms with van der Waals surface area (Å²) in [6, 6.07) is 10.3. The van der Waals surface area contributed by atoms with Gasteiger partial charge in [0, 0.05) is 6.92 Å². The third kappa shape index (κ3) is 2.15. The Labute approximate surface area is 118 Å². The van der Waals surface area contributed by atoms with E-state index in [1.807, 2.05) is 18.2 Å². The zero-order valence-electron chi connectivity index (χ0n) is 11.6. The lowest BCUT2D eigenvalue weighted by atomic mass is 9.69. The Balaban J connectivity index is 2.07. The number of ketones is 1. The molecular weight excluding hydrogens is 252 g/mol. The molecule has 1 aliphatic carbocycles. The summed E-state index contributed by atoms with van der Waals surface area (Å²) in [5.41, 5.74) is 1.02. The maximum atomic E-state index is 11.4. The van der Waals surface area contributed by atoms with Crippen molar-refractivity contribution in [3.8, 4) is 0 Å². The van der Waals surface area contributed by atoms with Gasteiger partial charge in [0.1, 0.15) is 0 Å². The van der Waals surface area contributed by atoms with Crippen LogP contribution in [-0.2, 0) is 5.41 Å². The summed E-state index contributed by atoms with van der Waals surface area (Å²) in [4.78, 5) is 15.7. The predicted octanol–water partition coefficient (Wildman–Crippen LogP) is 3.52. The minimum Gasteiger partial charge on any atom is -0.331 e. The summed E-state index contributed by atoms with van der Waals surface area (Å²) in [5.74, 6) is 0.595. The predicted molar refractivity (Wildman–Crippen MR) is 74.6 cm³/mol. The molecule has 0 amide bonds. The number of aromatic nitrogens is 2. The molecular formula is C16H18N2O2. The van der Waals surface area contributed by atoms with Crippen LogP contribution in [-0.4, -0.2) is 15.9 Å². The fourth-order valence-corrected chi connectivity index (χ4v) is 3.11. The van der Waals surface area contributed by atoms with E-state index in [-0.39, 0.29) is 17.1 Å². The molecule has 4 nitrogen and oxygen atoms in total. The second-order valence-electron chi connectivity index (χ2n) is 5.49. The smallest absolute Gasteiger partial charge is 0.293 e. The third-order valence-electron chi connectivity index (χ3n) is 4.19. The van der Waals surface area contributed by atoms with Crippen LogP contribution < -0.4 is 0 Å². The van der Waals surface area contributed by atoms with E-state index in [1.165, 1.54) is 18.9 Å². The summed E-state index contributed by atoms with van der Waals surface area (Å²) in [5, 5.41) is 4.10. The van der Waals surface area contributed by atoms with Crippen LogP contribution in [0.25, 0.3) is 0 Å². The molecule has 1 fully saturated rings. The van der Waals surface area contributed by atoms with E-state index in [1.54, 1.807) is 0 Å². The number of carbonyl (C=O) groups excluding carboxylic acids is 1.